The molecule has 4 heterocycles. The second-order valence-corrected chi connectivity index (χ2v) is 22.1. The van der Waals surface area contributed by atoms with Crippen molar-refractivity contribution in [3.63, 3.8) is 0 Å². The van der Waals surface area contributed by atoms with Gasteiger partial charge in [0, 0.05) is 42.3 Å². The van der Waals surface area contributed by atoms with E-state index in [9.17, 15) is 2.74 Å². The number of thioether (sulfide) groups is 1. The summed E-state index contributed by atoms with van der Waals surface area (Å²) in [7, 11) is 0. The van der Waals surface area contributed by atoms with Gasteiger partial charge in [0.25, 0.3) is 0 Å². The second-order valence-electron chi connectivity index (χ2n) is 20.9. The van der Waals surface area contributed by atoms with Gasteiger partial charge in [-0.3, -0.25) is 9.56 Å². The summed E-state index contributed by atoms with van der Waals surface area (Å²) in [6.45, 7) is 33.4. The molecular weight excluding hydrogens is 715 g/mol. The minimum atomic E-state index is -1.67. The molecule has 2 aromatic heterocycles. The molecule has 0 saturated carbocycles. The topological polar surface area (TPSA) is 39.4 Å². The number of nitrogens with zero attached hydrogens (tertiary/aromatic N) is 3. The fraction of sp³-hybridized carbons (Fsp3) is 0.423. The first-order chi connectivity index (χ1) is 27.2. The zero-order chi connectivity index (χ0) is 42.8. The van der Waals surface area contributed by atoms with Gasteiger partial charge in [-0.15, -0.1) is 0 Å². The zero-order valence-corrected chi connectivity index (χ0v) is 37.4. The van der Waals surface area contributed by atoms with Gasteiger partial charge in [0.15, 0.2) is 0 Å². The molecule has 0 amide bonds. The van der Waals surface area contributed by atoms with Gasteiger partial charge in [0.05, 0.1) is 26.4 Å². The smallest absolute Gasteiger partial charge is 0.141 e. The second kappa shape index (κ2) is 11.9. The first kappa shape index (κ1) is 35.8. The molecule has 57 heavy (non-hydrogen) atoms. The summed E-state index contributed by atoms with van der Waals surface area (Å²) in [6, 6.07) is 24.5. The first-order valence-corrected chi connectivity index (χ1v) is 21.4. The molecule has 9 rings (SSSR count). The van der Waals surface area contributed by atoms with Crippen LogP contribution >= 0.6 is 11.8 Å². The molecule has 4 nitrogen and oxygen atoms in total. The Kier molecular flexibility index (Phi) is 7.45. The Morgan fingerprint density at radius 3 is 2.11 bits per heavy atom. The Balaban J connectivity index is 1.22. The Labute approximate surface area is 347 Å². The quantitative estimate of drug-likeness (QED) is 0.180. The summed E-state index contributed by atoms with van der Waals surface area (Å²) in [5.41, 5.74) is 11.6. The molecule has 0 spiro atoms. The molecule has 2 aliphatic heterocycles. The van der Waals surface area contributed by atoms with E-state index >= 15 is 0 Å². The van der Waals surface area contributed by atoms with Crippen LogP contribution in [-0.4, -0.2) is 20.1 Å². The lowest BCUT2D eigenvalue weighted by molar-refractivity contribution is 0.203. The number of hydrogen-bond acceptors (Lipinski definition) is 4. The van der Waals surface area contributed by atoms with Crippen molar-refractivity contribution in [3.05, 3.63) is 129 Å². The van der Waals surface area contributed by atoms with Gasteiger partial charge in [0.2, 0.25) is 0 Å². The molecule has 294 valence electrons. The number of benzene rings is 4. The van der Waals surface area contributed by atoms with E-state index in [0.29, 0.717) is 0 Å². The summed E-state index contributed by atoms with van der Waals surface area (Å²) in [6.07, 6.45) is 0.230. The molecule has 0 bridgehead atoms. The Hall–Kier alpha value is -4.35. The number of rotatable bonds is 3. The van der Waals surface area contributed by atoms with Crippen LogP contribution < -0.4 is 4.74 Å². The number of aliphatic imine (C=N–C) groups is 1. The van der Waals surface area contributed by atoms with Gasteiger partial charge >= 0.3 is 0 Å². The van der Waals surface area contributed by atoms with Crippen LogP contribution in [0.3, 0.4) is 0 Å². The van der Waals surface area contributed by atoms with Crippen LogP contribution in [0.5, 0.6) is 11.5 Å². The summed E-state index contributed by atoms with van der Waals surface area (Å²) in [5, 5.41) is 3.29. The zero-order valence-electron chi connectivity index (χ0n) is 38.6. The molecule has 3 aliphatic rings. The van der Waals surface area contributed by atoms with Gasteiger partial charge in [-0.05, 0) is 131 Å². The van der Waals surface area contributed by atoms with Crippen molar-refractivity contribution < 1.29 is 7.48 Å². The maximum atomic E-state index is 9.75. The number of aryl methyl sites for hydroxylation is 3. The molecule has 0 radical (unpaired) electrons. The maximum Gasteiger partial charge on any atom is 0.141 e. The van der Waals surface area contributed by atoms with E-state index in [1.807, 2.05) is 13.1 Å². The van der Waals surface area contributed by atoms with Gasteiger partial charge in [0.1, 0.15) is 17.3 Å². The van der Waals surface area contributed by atoms with E-state index in [0.717, 1.165) is 61.3 Å². The van der Waals surface area contributed by atoms with E-state index in [2.05, 4.69) is 168 Å². The number of hydrogen-bond donors (Lipinski definition) is 0. The van der Waals surface area contributed by atoms with Crippen LogP contribution in [0, 0.1) is 26.2 Å². The number of aromatic nitrogens is 2. The van der Waals surface area contributed by atoms with Gasteiger partial charge < -0.3 is 4.74 Å². The summed E-state index contributed by atoms with van der Waals surface area (Å²) in [5.74, 6) is 2.50. The van der Waals surface area contributed by atoms with Gasteiger partial charge in [-0.2, -0.15) is 0 Å². The van der Waals surface area contributed by atoms with Crippen LogP contribution in [0.15, 0.2) is 77.9 Å². The molecule has 4 aromatic carbocycles. The third-order valence-electron chi connectivity index (χ3n) is 13.3. The minimum absolute atomic E-state index is 0.0209. The largest absolute Gasteiger partial charge is 0.457 e. The molecule has 6 aromatic rings. The highest BCUT2D eigenvalue weighted by atomic mass is 32.2. The Bertz CT molecular complexity index is 2840. The molecule has 0 unspecified atom stereocenters. The maximum absolute atomic E-state index is 9.75. The van der Waals surface area contributed by atoms with E-state index in [1.54, 1.807) is 11.8 Å². The molecule has 5 heteroatoms. The lowest BCUT2D eigenvalue weighted by atomic mass is 9.68. The van der Waals surface area contributed by atoms with Crippen LogP contribution in [0.25, 0.3) is 27.6 Å². The number of pyridine rings is 1. The van der Waals surface area contributed by atoms with Gasteiger partial charge in [-0.25, -0.2) is 4.98 Å². The summed E-state index contributed by atoms with van der Waals surface area (Å²) >= 11 is 1.74. The van der Waals surface area contributed by atoms with Crippen molar-refractivity contribution >= 4 is 38.6 Å². The fourth-order valence-electron chi connectivity index (χ4n) is 9.93. The number of fused-ring (bicyclic) bond motifs is 8. The highest BCUT2D eigenvalue weighted by Gasteiger charge is 2.65. The van der Waals surface area contributed by atoms with Crippen molar-refractivity contribution in [1.82, 2.24) is 9.55 Å². The van der Waals surface area contributed by atoms with Gasteiger partial charge in [-0.1, -0.05) is 112 Å². The average molecular weight is 776 g/mol. The first-order valence-electron chi connectivity index (χ1n) is 21.6. The lowest BCUT2D eigenvalue weighted by Crippen LogP contribution is -2.49. The average Bonchev–Trinajstić information content (AvgIpc) is 3.68. The monoisotopic (exact) mass is 775 g/mol. The van der Waals surface area contributed by atoms with Crippen LogP contribution in [0.1, 0.15) is 141 Å². The fourth-order valence-corrected chi connectivity index (χ4v) is 11.6. The van der Waals surface area contributed by atoms with Crippen molar-refractivity contribution in [2.45, 2.75) is 137 Å². The SMILES string of the molecule is [2H]C1([2H])c2cc(C)c(C)cc2[C@]2(C(C)(C)C)SC(c3cc(Oc4cc5c(cc4C)c4cc(C(C)(C)C)cc6c4n5-c4ncccc4C6(C)C)cc(C(C)(C)C)c3)=N[C@]12C. The molecule has 1 aliphatic carbocycles. The Morgan fingerprint density at radius 2 is 1.42 bits per heavy atom. The van der Waals surface area contributed by atoms with E-state index in [1.165, 1.54) is 38.5 Å². The van der Waals surface area contributed by atoms with Crippen molar-refractivity contribution in [2.24, 2.45) is 10.4 Å². The summed E-state index contributed by atoms with van der Waals surface area (Å²) in [4.78, 5) is 10.5. The standard InChI is InChI=1S/C52H59N3OS/c1-29-19-33-28-51(15)52(49(10,11)12,40(33)21-30(29)2)57-46(54-51)32-22-34(47(4,5)6)24-36(23-32)56-43-27-42-37(20-31(43)3)38-25-35(48(7,8)9)26-41-44(38)55(42)45-39(50(41,13)14)17-16-18-53-45/h16-27H,28H2,1-15H3/t51-,52-/m1/s1/i28D2. The molecule has 0 fully saturated rings. The molecular formula is C52H59N3OS. The van der Waals surface area contributed by atoms with E-state index < -0.39 is 16.7 Å². The summed E-state index contributed by atoms with van der Waals surface area (Å²) < 4.78 is 28.3. The Morgan fingerprint density at radius 1 is 0.737 bits per heavy atom. The van der Waals surface area contributed by atoms with E-state index in [-0.39, 0.29) is 21.7 Å². The van der Waals surface area contributed by atoms with Crippen molar-refractivity contribution in [3.8, 4) is 17.3 Å². The van der Waals surface area contributed by atoms with Crippen LogP contribution in [-0.2, 0) is 27.4 Å². The highest BCUT2D eigenvalue weighted by Crippen LogP contribution is 2.67. The lowest BCUT2D eigenvalue weighted by Gasteiger charge is -2.46. The normalized spacial score (nSPS) is 22.5. The number of ether oxygens (including phenoxy) is 1. The predicted octanol–water partition coefficient (Wildman–Crippen LogP) is 13.9. The molecule has 0 N–H and O–H groups in total. The third-order valence-corrected chi connectivity index (χ3v) is 15.4. The highest BCUT2D eigenvalue weighted by molar-refractivity contribution is 8.15. The molecule has 2 atom stereocenters. The molecule has 0 saturated heterocycles. The van der Waals surface area contributed by atoms with Crippen molar-refractivity contribution in [2.75, 3.05) is 0 Å². The van der Waals surface area contributed by atoms with E-state index in [4.69, 9.17) is 14.7 Å². The van der Waals surface area contributed by atoms with Crippen LogP contribution in [0.4, 0.5) is 0 Å². The minimum Gasteiger partial charge on any atom is -0.457 e. The van der Waals surface area contributed by atoms with Crippen LogP contribution in [0.2, 0.25) is 0 Å². The predicted molar refractivity (Wildman–Crippen MR) is 243 cm³/mol. The third kappa shape index (κ3) is 5.39. The van der Waals surface area contributed by atoms with Crippen molar-refractivity contribution in [1.29, 1.82) is 0 Å².